The third-order valence-electron chi connectivity index (χ3n) is 3.93. The largest absolute Gasteiger partial charge is 0.457 e. The number of ether oxygens (including phenoxy) is 2. The molecule has 0 bridgehead atoms. The van der Waals surface area contributed by atoms with Crippen molar-refractivity contribution in [1.29, 1.82) is 0 Å². The second-order valence-corrected chi connectivity index (χ2v) is 5.78. The maximum atomic E-state index is 5.48. The van der Waals surface area contributed by atoms with Crippen molar-refractivity contribution in [3.8, 4) is 11.5 Å². The van der Waals surface area contributed by atoms with Crippen molar-refractivity contribution in [3.63, 3.8) is 0 Å². The molecule has 0 saturated heterocycles. The highest BCUT2D eigenvalue weighted by molar-refractivity contribution is 5.66. The highest BCUT2D eigenvalue weighted by atomic mass is 16.5. The molecule has 0 aromatic heterocycles. The van der Waals surface area contributed by atoms with Crippen LogP contribution in [0.5, 0.6) is 11.5 Å². The van der Waals surface area contributed by atoms with E-state index < -0.39 is 0 Å². The van der Waals surface area contributed by atoms with E-state index in [0.29, 0.717) is 0 Å². The molecule has 2 aliphatic rings. The molecule has 164 valence electrons. The number of para-hydroxylation sites is 2. The quantitative estimate of drug-likeness (QED) is 0.432. The van der Waals surface area contributed by atoms with Crippen LogP contribution in [0.25, 0.3) is 12.2 Å². The van der Waals surface area contributed by atoms with Crippen molar-refractivity contribution in [2.45, 2.75) is 56.4 Å². The van der Waals surface area contributed by atoms with Crippen LogP contribution in [0.2, 0.25) is 0 Å². The molecule has 0 saturated carbocycles. The van der Waals surface area contributed by atoms with Crippen LogP contribution in [0.1, 0.15) is 67.5 Å². The minimum Gasteiger partial charge on any atom is -0.457 e. The fourth-order valence-corrected chi connectivity index (χ4v) is 2.44. The van der Waals surface area contributed by atoms with E-state index in [0.717, 1.165) is 45.3 Å². The van der Waals surface area contributed by atoms with E-state index in [1.54, 1.807) is 0 Å². The number of fused-ring (bicyclic) bond motifs is 2. The third kappa shape index (κ3) is 7.79. The fourth-order valence-electron chi connectivity index (χ4n) is 2.44. The molecule has 0 atom stereocenters. The van der Waals surface area contributed by atoms with Crippen LogP contribution >= 0.6 is 0 Å². The summed E-state index contributed by atoms with van der Waals surface area (Å²) >= 11 is 0. The summed E-state index contributed by atoms with van der Waals surface area (Å²) in [6.45, 7) is 19.6. The van der Waals surface area contributed by atoms with Crippen molar-refractivity contribution in [2.75, 3.05) is 0 Å². The first-order valence-corrected chi connectivity index (χ1v) is 9.83. The van der Waals surface area contributed by atoms with E-state index >= 15 is 0 Å². The molecular weight excluding hydrogens is 368 g/mol. The first kappa shape index (κ1) is 29.2. The summed E-state index contributed by atoms with van der Waals surface area (Å²) in [6.07, 6.45) is 4.17. The number of hydrogen-bond donors (Lipinski definition) is 0. The average Bonchev–Trinajstić information content (AvgIpc) is 2.73. The van der Waals surface area contributed by atoms with Crippen molar-refractivity contribution in [1.82, 2.24) is 0 Å². The SMILES string of the molecule is C.C.C=C1Oc2ccccc2C=C1C.C=C1Oc2ccccc2C=C1C.CC.CC. The number of rotatable bonds is 0. The molecule has 0 amide bonds. The van der Waals surface area contributed by atoms with Gasteiger partial charge < -0.3 is 9.47 Å². The van der Waals surface area contributed by atoms with Gasteiger partial charge in [-0.05, 0) is 49.3 Å². The zero-order valence-corrected chi connectivity index (χ0v) is 18.0. The van der Waals surface area contributed by atoms with Crippen LogP contribution in [0.15, 0.2) is 84.4 Å². The van der Waals surface area contributed by atoms with Crippen LogP contribution in [0.3, 0.4) is 0 Å². The Morgan fingerprint density at radius 1 is 0.567 bits per heavy atom. The van der Waals surface area contributed by atoms with Gasteiger partial charge >= 0.3 is 0 Å². The van der Waals surface area contributed by atoms with Gasteiger partial charge in [0.2, 0.25) is 0 Å². The number of benzene rings is 2. The van der Waals surface area contributed by atoms with Crippen molar-refractivity contribution in [3.05, 3.63) is 95.5 Å². The normalized spacial score (nSPS) is 12.2. The Bertz CT molecular complexity index is 796. The Morgan fingerprint density at radius 3 is 1.20 bits per heavy atom. The predicted molar refractivity (Wildman–Crippen MR) is 136 cm³/mol. The van der Waals surface area contributed by atoms with Gasteiger partial charge in [0.05, 0.1) is 0 Å². The Kier molecular flexibility index (Phi) is 14.5. The summed E-state index contributed by atoms with van der Waals surface area (Å²) in [7, 11) is 0. The van der Waals surface area contributed by atoms with Gasteiger partial charge in [0.1, 0.15) is 23.0 Å². The monoisotopic (exact) mass is 408 g/mol. The lowest BCUT2D eigenvalue weighted by atomic mass is 10.1. The molecule has 2 nitrogen and oxygen atoms in total. The van der Waals surface area contributed by atoms with Crippen LogP contribution < -0.4 is 9.47 Å². The van der Waals surface area contributed by atoms with E-state index in [1.165, 1.54) is 0 Å². The number of allylic oxidation sites excluding steroid dienone is 2. The molecule has 30 heavy (non-hydrogen) atoms. The Hall–Kier alpha value is -3.00. The van der Waals surface area contributed by atoms with Crippen molar-refractivity contribution >= 4 is 12.2 Å². The average molecular weight is 409 g/mol. The van der Waals surface area contributed by atoms with Crippen LogP contribution in [0, 0.1) is 0 Å². The highest BCUT2D eigenvalue weighted by Crippen LogP contribution is 2.30. The van der Waals surface area contributed by atoms with Crippen molar-refractivity contribution in [2.24, 2.45) is 0 Å². The van der Waals surface area contributed by atoms with Gasteiger partial charge in [-0.15, -0.1) is 0 Å². The van der Waals surface area contributed by atoms with Gasteiger partial charge in [-0.1, -0.05) is 92.1 Å². The lowest BCUT2D eigenvalue weighted by Crippen LogP contribution is -2.01. The van der Waals surface area contributed by atoms with E-state index in [1.807, 2.05) is 90.1 Å². The number of hydrogen-bond acceptors (Lipinski definition) is 2. The van der Waals surface area contributed by atoms with E-state index in [9.17, 15) is 0 Å². The van der Waals surface area contributed by atoms with Crippen LogP contribution in [-0.4, -0.2) is 0 Å². The van der Waals surface area contributed by atoms with Crippen LogP contribution in [-0.2, 0) is 0 Å². The molecule has 2 heteroatoms. The second kappa shape index (κ2) is 14.9. The maximum Gasteiger partial charge on any atom is 0.134 e. The molecule has 0 spiro atoms. The molecule has 0 radical (unpaired) electrons. The standard InChI is InChI=1S/2C11H10O.2C2H6.2CH4/c2*1-8-7-10-5-3-4-6-11(10)12-9(8)2;2*1-2;;/h2*3-7H,2H2,1H3;2*1-2H3;2*1H4. The lowest BCUT2D eigenvalue weighted by molar-refractivity contribution is 0.433. The van der Waals surface area contributed by atoms with E-state index in [4.69, 9.17) is 9.47 Å². The smallest absolute Gasteiger partial charge is 0.134 e. The zero-order valence-electron chi connectivity index (χ0n) is 18.0. The second-order valence-electron chi connectivity index (χ2n) is 5.78. The van der Waals surface area contributed by atoms with Gasteiger partial charge in [0, 0.05) is 11.1 Å². The van der Waals surface area contributed by atoms with Crippen molar-refractivity contribution < 1.29 is 9.47 Å². The highest BCUT2D eigenvalue weighted by Gasteiger charge is 2.11. The van der Waals surface area contributed by atoms with E-state index in [-0.39, 0.29) is 14.9 Å². The van der Waals surface area contributed by atoms with E-state index in [2.05, 4.69) is 25.3 Å². The molecule has 2 heterocycles. The molecule has 0 unspecified atom stereocenters. The first-order chi connectivity index (χ1) is 13.5. The van der Waals surface area contributed by atoms with Gasteiger partial charge in [0.15, 0.2) is 0 Å². The summed E-state index contributed by atoms with van der Waals surface area (Å²) < 4.78 is 11.0. The van der Waals surface area contributed by atoms with Gasteiger partial charge in [-0.2, -0.15) is 0 Å². The molecule has 2 aromatic carbocycles. The van der Waals surface area contributed by atoms with Crippen LogP contribution in [0.4, 0.5) is 0 Å². The summed E-state index contributed by atoms with van der Waals surface area (Å²) in [5.41, 5.74) is 4.44. The van der Waals surface area contributed by atoms with Gasteiger partial charge in [-0.25, -0.2) is 0 Å². The Balaban J connectivity index is 0. The van der Waals surface area contributed by atoms with Gasteiger partial charge in [-0.3, -0.25) is 0 Å². The lowest BCUT2D eigenvalue weighted by Gasteiger charge is -2.16. The minimum atomic E-state index is 0. The molecular formula is C28H40O2. The summed E-state index contributed by atoms with van der Waals surface area (Å²) in [5, 5.41) is 0. The minimum absolute atomic E-state index is 0. The topological polar surface area (TPSA) is 18.5 Å². The maximum absolute atomic E-state index is 5.48. The third-order valence-corrected chi connectivity index (χ3v) is 3.93. The zero-order chi connectivity index (χ0) is 21.1. The summed E-state index contributed by atoms with van der Waals surface area (Å²) in [6, 6.07) is 15.9. The Morgan fingerprint density at radius 2 is 0.867 bits per heavy atom. The molecule has 0 aliphatic carbocycles. The molecule has 4 rings (SSSR count). The first-order valence-electron chi connectivity index (χ1n) is 9.83. The summed E-state index contributed by atoms with van der Waals surface area (Å²) in [5.74, 6) is 3.28. The molecule has 0 fully saturated rings. The fraction of sp³-hybridized carbons (Fsp3) is 0.286. The molecule has 0 N–H and O–H groups in total. The predicted octanol–water partition coefficient (Wildman–Crippen LogP) is 9.32. The van der Waals surface area contributed by atoms with Gasteiger partial charge in [0.25, 0.3) is 0 Å². The Labute approximate surface area is 185 Å². The molecule has 2 aliphatic heterocycles. The molecule has 2 aromatic rings. The summed E-state index contributed by atoms with van der Waals surface area (Å²) in [4.78, 5) is 0.